The molecule has 5 heteroatoms. The monoisotopic (exact) mass is 191 g/mol. The number of imidazole rings is 2. The summed E-state index contributed by atoms with van der Waals surface area (Å²) in [5, 5.41) is 3.21. The Balaban J connectivity index is 2.02. The highest BCUT2D eigenvalue weighted by molar-refractivity contribution is 5.27. The number of nitrogens with zero attached hydrogens (tertiary/aromatic N) is 3. The molecule has 0 unspecified atom stereocenters. The molecule has 0 saturated carbocycles. The molecular formula is C9H13N5. The van der Waals surface area contributed by atoms with Crippen LogP contribution in [0.3, 0.4) is 0 Å². The van der Waals surface area contributed by atoms with E-state index in [1.807, 2.05) is 24.7 Å². The number of aromatic amines is 1. The maximum Gasteiger partial charge on any atom is 0.202 e. The van der Waals surface area contributed by atoms with Gasteiger partial charge in [-0.3, -0.25) is 0 Å². The molecule has 14 heavy (non-hydrogen) atoms. The summed E-state index contributed by atoms with van der Waals surface area (Å²) in [5.41, 5.74) is 2.11. The summed E-state index contributed by atoms with van der Waals surface area (Å²) in [4.78, 5) is 11.4. The zero-order chi connectivity index (χ0) is 9.97. The van der Waals surface area contributed by atoms with Gasteiger partial charge in [0.15, 0.2) is 0 Å². The number of rotatable bonds is 3. The van der Waals surface area contributed by atoms with E-state index in [2.05, 4.69) is 20.3 Å². The number of anilines is 1. The maximum absolute atomic E-state index is 4.19. The SMILES string of the molecule is Cc1[nH]cnc1CNc1nccn1C. The summed E-state index contributed by atoms with van der Waals surface area (Å²) in [6, 6.07) is 0. The maximum atomic E-state index is 4.19. The molecule has 0 saturated heterocycles. The lowest BCUT2D eigenvalue weighted by Gasteiger charge is -2.04. The van der Waals surface area contributed by atoms with Crippen LogP contribution < -0.4 is 5.32 Å². The predicted octanol–water partition coefficient (Wildman–Crippen LogP) is 1.06. The number of nitrogens with one attached hydrogen (secondary N) is 2. The van der Waals surface area contributed by atoms with Gasteiger partial charge in [-0.25, -0.2) is 9.97 Å². The second-order valence-corrected chi connectivity index (χ2v) is 3.19. The van der Waals surface area contributed by atoms with E-state index in [0.717, 1.165) is 17.3 Å². The van der Waals surface area contributed by atoms with Gasteiger partial charge >= 0.3 is 0 Å². The highest BCUT2D eigenvalue weighted by atomic mass is 15.2. The first kappa shape index (κ1) is 8.80. The summed E-state index contributed by atoms with van der Waals surface area (Å²) in [5.74, 6) is 0.854. The first-order chi connectivity index (χ1) is 6.77. The highest BCUT2D eigenvalue weighted by Gasteiger charge is 2.02. The molecule has 0 aliphatic carbocycles. The fourth-order valence-corrected chi connectivity index (χ4v) is 1.26. The number of aryl methyl sites for hydroxylation is 2. The molecule has 0 amide bonds. The average Bonchev–Trinajstić information content (AvgIpc) is 2.72. The lowest BCUT2D eigenvalue weighted by molar-refractivity contribution is 0.892. The smallest absolute Gasteiger partial charge is 0.202 e. The first-order valence-electron chi connectivity index (χ1n) is 4.47. The zero-order valence-electron chi connectivity index (χ0n) is 8.28. The van der Waals surface area contributed by atoms with Crippen LogP contribution in [0.5, 0.6) is 0 Å². The van der Waals surface area contributed by atoms with E-state index in [-0.39, 0.29) is 0 Å². The average molecular weight is 191 g/mol. The van der Waals surface area contributed by atoms with Crippen LogP contribution in [0, 0.1) is 6.92 Å². The third kappa shape index (κ3) is 1.61. The molecule has 0 aromatic carbocycles. The minimum absolute atomic E-state index is 0.695. The number of aromatic nitrogens is 4. The number of hydrogen-bond acceptors (Lipinski definition) is 3. The Kier molecular flexibility index (Phi) is 2.22. The highest BCUT2D eigenvalue weighted by Crippen LogP contribution is 2.05. The molecule has 5 nitrogen and oxygen atoms in total. The topological polar surface area (TPSA) is 58.5 Å². The Labute approximate surface area is 82.2 Å². The van der Waals surface area contributed by atoms with E-state index in [9.17, 15) is 0 Å². The third-order valence-corrected chi connectivity index (χ3v) is 2.17. The zero-order valence-corrected chi connectivity index (χ0v) is 8.28. The van der Waals surface area contributed by atoms with Crippen LogP contribution >= 0.6 is 0 Å². The molecule has 0 spiro atoms. The van der Waals surface area contributed by atoms with E-state index in [0.29, 0.717) is 6.54 Å². The lowest BCUT2D eigenvalue weighted by Crippen LogP contribution is -2.05. The number of hydrogen-bond donors (Lipinski definition) is 2. The van der Waals surface area contributed by atoms with Crippen LogP contribution in [0.2, 0.25) is 0 Å². The molecule has 0 radical (unpaired) electrons. The second-order valence-electron chi connectivity index (χ2n) is 3.19. The van der Waals surface area contributed by atoms with Gasteiger partial charge in [0.2, 0.25) is 5.95 Å². The predicted molar refractivity (Wildman–Crippen MR) is 53.9 cm³/mol. The minimum Gasteiger partial charge on any atom is -0.350 e. The minimum atomic E-state index is 0.695. The largest absolute Gasteiger partial charge is 0.350 e. The first-order valence-corrected chi connectivity index (χ1v) is 4.47. The van der Waals surface area contributed by atoms with E-state index < -0.39 is 0 Å². The fraction of sp³-hybridized carbons (Fsp3) is 0.333. The Morgan fingerprint density at radius 3 is 2.93 bits per heavy atom. The van der Waals surface area contributed by atoms with Crippen molar-refractivity contribution < 1.29 is 0 Å². The molecule has 2 heterocycles. The molecule has 0 aliphatic heterocycles. The molecular weight excluding hydrogens is 178 g/mol. The van der Waals surface area contributed by atoms with E-state index in [1.54, 1.807) is 12.5 Å². The van der Waals surface area contributed by atoms with Gasteiger partial charge in [-0.05, 0) is 6.92 Å². The van der Waals surface area contributed by atoms with Crippen molar-refractivity contribution in [2.24, 2.45) is 7.05 Å². The van der Waals surface area contributed by atoms with Crippen molar-refractivity contribution in [3.63, 3.8) is 0 Å². The summed E-state index contributed by atoms with van der Waals surface area (Å²) in [6.45, 7) is 2.70. The molecule has 74 valence electrons. The van der Waals surface area contributed by atoms with Crippen LogP contribution in [0.25, 0.3) is 0 Å². The van der Waals surface area contributed by atoms with Crippen molar-refractivity contribution >= 4 is 5.95 Å². The van der Waals surface area contributed by atoms with Crippen LogP contribution in [0.1, 0.15) is 11.4 Å². The van der Waals surface area contributed by atoms with Crippen molar-refractivity contribution in [2.45, 2.75) is 13.5 Å². The molecule has 2 aromatic rings. The van der Waals surface area contributed by atoms with Gasteiger partial charge in [-0.2, -0.15) is 0 Å². The molecule has 2 rings (SSSR count). The normalized spacial score (nSPS) is 10.4. The van der Waals surface area contributed by atoms with Crippen LogP contribution in [-0.2, 0) is 13.6 Å². The molecule has 2 N–H and O–H groups in total. The Hall–Kier alpha value is -1.78. The van der Waals surface area contributed by atoms with Crippen molar-refractivity contribution in [3.8, 4) is 0 Å². The second kappa shape index (κ2) is 3.53. The quantitative estimate of drug-likeness (QED) is 0.762. The van der Waals surface area contributed by atoms with Gasteiger partial charge in [-0.1, -0.05) is 0 Å². The standard InChI is InChI=1S/C9H13N5/c1-7-8(13-6-12-7)5-11-9-10-3-4-14(9)2/h3-4,6H,5H2,1-2H3,(H,10,11)(H,12,13). The van der Waals surface area contributed by atoms with E-state index in [1.165, 1.54) is 0 Å². The van der Waals surface area contributed by atoms with Gasteiger partial charge in [0.25, 0.3) is 0 Å². The Morgan fingerprint density at radius 1 is 1.50 bits per heavy atom. The van der Waals surface area contributed by atoms with E-state index in [4.69, 9.17) is 0 Å². The van der Waals surface area contributed by atoms with Gasteiger partial charge in [0, 0.05) is 25.1 Å². The van der Waals surface area contributed by atoms with Crippen molar-refractivity contribution in [2.75, 3.05) is 5.32 Å². The van der Waals surface area contributed by atoms with Crippen LogP contribution in [0.15, 0.2) is 18.7 Å². The molecule has 0 atom stereocenters. The summed E-state index contributed by atoms with van der Waals surface area (Å²) in [7, 11) is 1.95. The Bertz CT molecular complexity index is 374. The van der Waals surface area contributed by atoms with Gasteiger partial charge < -0.3 is 14.9 Å². The summed E-state index contributed by atoms with van der Waals surface area (Å²) in [6.07, 6.45) is 5.37. The summed E-state index contributed by atoms with van der Waals surface area (Å²) < 4.78 is 1.93. The fourth-order valence-electron chi connectivity index (χ4n) is 1.26. The molecule has 0 fully saturated rings. The van der Waals surface area contributed by atoms with Crippen molar-refractivity contribution in [1.82, 2.24) is 19.5 Å². The molecule has 0 aliphatic rings. The molecule has 0 bridgehead atoms. The van der Waals surface area contributed by atoms with Crippen LogP contribution in [-0.4, -0.2) is 19.5 Å². The molecule has 2 aromatic heterocycles. The lowest BCUT2D eigenvalue weighted by atomic mass is 10.3. The third-order valence-electron chi connectivity index (χ3n) is 2.17. The Morgan fingerprint density at radius 2 is 2.36 bits per heavy atom. The number of H-pyrrole nitrogens is 1. The summed E-state index contributed by atoms with van der Waals surface area (Å²) >= 11 is 0. The van der Waals surface area contributed by atoms with Crippen molar-refractivity contribution in [1.29, 1.82) is 0 Å². The van der Waals surface area contributed by atoms with E-state index >= 15 is 0 Å². The van der Waals surface area contributed by atoms with Gasteiger partial charge in [-0.15, -0.1) is 0 Å². The van der Waals surface area contributed by atoms with Gasteiger partial charge in [0.1, 0.15) is 0 Å². The van der Waals surface area contributed by atoms with Gasteiger partial charge in [0.05, 0.1) is 18.6 Å². The van der Waals surface area contributed by atoms with Crippen LogP contribution in [0.4, 0.5) is 5.95 Å². The van der Waals surface area contributed by atoms with Crippen molar-refractivity contribution in [3.05, 3.63) is 30.1 Å².